The van der Waals surface area contributed by atoms with Gasteiger partial charge in [-0.05, 0) is 32.2 Å². The van der Waals surface area contributed by atoms with Gasteiger partial charge < -0.3 is 15.5 Å². The summed E-state index contributed by atoms with van der Waals surface area (Å²) in [7, 11) is 0. The largest absolute Gasteiger partial charge is 0.356 e. The molecule has 1 aromatic heterocycles. The fourth-order valence-corrected chi connectivity index (χ4v) is 3.20. The number of nitrogens with one attached hydrogen (secondary N) is 2. The Labute approximate surface area is 131 Å². The molecule has 2 saturated heterocycles. The van der Waals surface area contributed by atoms with Gasteiger partial charge in [-0.1, -0.05) is 6.92 Å². The second kappa shape index (κ2) is 7.05. The van der Waals surface area contributed by atoms with Gasteiger partial charge in [-0.15, -0.1) is 0 Å². The van der Waals surface area contributed by atoms with Crippen LogP contribution in [-0.4, -0.2) is 48.1 Å². The Kier molecular flexibility index (Phi) is 4.87. The molecule has 22 heavy (non-hydrogen) atoms. The Bertz CT molecular complexity index is 507. The minimum absolute atomic E-state index is 0.159. The minimum atomic E-state index is 0.159. The van der Waals surface area contributed by atoms with Gasteiger partial charge in [0.05, 0.1) is 5.92 Å². The summed E-state index contributed by atoms with van der Waals surface area (Å²) in [6.45, 7) is 5.77. The summed E-state index contributed by atoms with van der Waals surface area (Å²) in [5, 5.41) is 6.46. The van der Waals surface area contributed by atoms with Crippen LogP contribution in [0, 0.1) is 5.92 Å². The van der Waals surface area contributed by atoms with Gasteiger partial charge in [0.1, 0.15) is 12.1 Å². The molecule has 1 unspecified atom stereocenters. The monoisotopic (exact) mass is 303 g/mol. The standard InChI is InChI=1S/C16H25N5O/c1-2-13-9-15(19-11-18-13)21-7-4-14(5-8-21)20-16(22)12-3-6-17-10-12/h9,11-12,14,17H,2-8,10H2,1H3,(H,20,22). The van der Waals surface area contributed by atoms with E-state index in [1.165, 1.54) is 0 Å². The first kappa shape index (κ1) is 15.2. The quantitative estimate of drug-likeness (QED) is 0.858. The van der Waals surface area contributed by atoms with Crippen LogP contribution in [0.2, 0.25) is 0 Å². The molecule has 0 aromatic carbocycles. The predicted molar refractivity (Wildman–Crippen MR) is 85.8 cm³/mol. The van der Waals surface area contributed by atoms with Gasteiger partial charge in [-0.3, -0.25) is 4.79 Å². The van der Waals surface area contributed by atoms with E-state index in [4.69, 9.17) is 0 Å². The summed E-state index contributed by atoms with van der Waals surface area (Å²) < 4.78 is 0. The van der Waals surface area contributed by atoms with E-state index in [1.807, 2.05) is 0 Å². The molecule has 0 spiro atoms. The van der Waals surface area contributed by atoms with E-state index < -0.39 is 0 Å². The number of aromatic nitrogens is 2. The molecule has 0 aliphatic carbocycles. The zero-order valence-corrected chi connectivity index (χ0v) is 13.2. The van der Waals surface area contributed by atoms with Crippen molar-refractivity contribution in [1.82, 2.24) is 20.6 Å². The highest BCUT2D eigenvalue weighted by molar-refractivity contribution is 5.79. The van der Waals surface area contributed by atoms with Crippen LogP contribution in [0.1, 0.15) is 31.9 Å². The van der Waals surface area contributed by atoms with Crippen LogP contribution in [0.25, 0.3) is 0 Å². The van der Waals surface area contributed by atoms with Crippen LogP contribution in [0.5, 0.6) is 0 Å². The van der Waals surface area contributed by atoms with Crippen LogP contribution in [0.4, 0.5) is 5.82 Å². The van der Waals surface area contributed by atoms with Crippen molar-refractivity contribution in [1.29, 1.82) is 0 Å². The van der Waals surface area contributed by atoms with E-state index in [0.717, 1.165) is 63.4 Å². The number of aryl methyl sites for hydroxylation is 1. The van der Waals surface area contributed by atoms with Gasteiger partial charge in [0.25, 0.3) is 0 Å². The molecule has 6 nitrogen and oxygen atoms in total. The third-order valence-corrected chi connectivity index (χ3v) is 4.67. The van der Waals surface area contributed by atoms with Crippen molar-refractivity contribution in [3.05, 3.63) is 18.1 Å². The fourth-order valence-electron chi connectivity index (χ4n) is 3.20. The van der Waals surface area contributed by atoms with Gasteiger partial charge in [0, 0.05) is 37.4 Å². The number of hydrogen-bond acceptors (Lipinski definition) is 5. The topological polar surface area (TPSA) is 70.2 Å². The molecular formula is C16H25N5O. The van der Waals surface area contributed by atoms with Crippen molar-refractivity contribution < 1.29 is 4.79 Å². The molecule has 2 fully saturated rings. The summed E-state index contributed by atoms with van der Waals surface area (Å²) in [6.07, 6.45) is 5.51. The van der Waals surface area contributed by atoms with Gasteiger partial charge >= 0.3 is 0 Å². The maximum Gasteiger partial charge on any atom is 0.224 e. The molecule has 1 amide bonds. The average Bonchev–Trinajstić information content (AvgIpc) is 3.10. The highest BCUT2D eigenvalue weighted by Gasteiger charge is 2.26. The second-order valence-corrected chi connectivity index (χ2v) is 6.18. The molecule has 2 aliphatic rings. The smallest absolute Gasteiger partial charge is 0.224 e. The van der Waals surface area contributed by atoms with E-state index in [1.54, 1.807) is 6.33 Å². The lowest BCUT2D eigenvalue weighted by Gasteiger charge is -2.33. The van der Waals surface area contributed by atoms with E-state index in [-0.39, 0.29) is 11.8 Å². The molecular weight excluding hydrogens is 278 g/mol. The molecule has 2 aliphatic heterocycles. The van der Waals surface area contributed by atoms with E-state index >= 15 is 0 Å². The molecule has 1 atom stereocenters. The van der Waals surface area contributed by atoms with E-state index in [9.17, 15) is 4.79 Å². The van der Waals surface area contributed by atoms with Gasteiger partial charge in [0.15, 0.2) is 0 Å². The zero-order valence-electron chi connectivity index (χ0n) is 13.2. The molecule has 0 bridgehead atoms. The highest BCUT2D eigenvalue weighted by Crippen LogP contribution is 2.19. The second-order valence-electron chi connectivity index (χ2n) is 6.18. The summed E-state index contributed by atoms with van der Waals surface area (Å²) >= 11 is 0. The minimum Gasteiger partial charge on any atom is -0.356 e. The third kappa shape index (κ3) is 3.55. The van der Waals surface area contributed by atoms with Crippen molar-refractivity contribution in [3.63, 3.8) is 0 Å². The molecule has 1 aromatic rings. The van der Waals surface area contributed by atoms with Crippen molar-refractivity contribution in [2.45, 2.75) is 38.6 Å². The molecule has 0 saturated carbocycles. The number of carbonyl (C=O) groups excluding carboxylic acids is 1. The SMILES string of the molecule is CCc1cc(N2CCC(NC(=O)C3CCNC3)CC2)ncn1. The van der Waals surface area contributed by atoms with Crippen LogP contribution in [0.3, 0.4) is 0 Å². The fraction of sp³-hybridized carbons (Fsp3) is 0.688. The lowest BCUT2D eigenvalue weighted by Crippen LogP contribution is -2.46. The van der Waals surface area contributed by atoms with Crippen molar-refractivity contribution in [2.24, 2.45) is 5.92 Å². The Morgan fingerprint density at radius 2 is 2.18 bits per heavy atom. The molecule has 2 N–H and O–H groups in total. The van der Waals surface area contributed by atoms with Crippen LogP contribution < -0.4 is 15.5 Å². The summed E-state index contributed by atoms with van der Waals surface area (Å²) in [5.41, 5.74) is 1.08. The Morgan fingerprint density at radius 1 is 1.36 bits per heavy atom. The number of hydrogen-bond donors (Lipinski definition) is 2. The molecule has 0 radical (unpaired) electrons. The third-order valence-electron chi connectivity index (χ3n) is 4.67. The average molecular weight is 303 g/mol. The Balaban J connectivity index is 1.50. The van der Waals surface area contributed by atoms with Crippen molar-refractivity contribution >= 4 is 11.7 Å². The van der Waals surface area contributed by atoms with E-state index in [0.29, 0.717) is 6.04 Å². The maximum atomic E-state index is 12.2. The van der Waals surface area contributed by atoms with Crippen molar-refractivity contribution in [2.75, 3.05) is 31.1 Å². The summed E-state index contributed by atoms with van der Waals surface area (Å²) in [5.74, 6) is 1.39. The number of nitrogens with zero attached hydrogens (tertiary/aromatic N) is 3. The van der Waals surface area contributed by atoms with Crippen LogP contribution in [-0.2, 0) is 11.2 Å². The predicted octanol–water partition coefficient (Wildman–Crippen LogP) is 0.734. The first-order chi connectivity index (χ1) is 10.8. The Morgan fingerprint density at radius 3 is 2.86 bits per heavy atom. The zero-order chi connectivity index (χ0) is 15.4. The molecule has 6 heteroatoms. The Hall–Kier alpha value is -1.69. The summed E-state index contributed by atoms with van der Waals surface area (Å²) in [4.78, 5) is 23.1. The molecule has 3 rings (SSSR count). The number of amides is 1. The van der Waals surface area contributed by atoms with Crippen LogP contribution >= 0.6 is 0 Å². The first-order valence-electron chi connectivity index (χ1n) is 8.33. The lowest BCUT2D eigenvalue weighted by molar-refractivity contribution is -0.125. The van der Waals surface area contributed by atoms with Gasteiger partial charge in [-0.2, -0.15) is 0 Å². The van der Waals surface area contributed by atoms with Crippen molar-refractivity contribution in [3.8, 4) is 0 Å². The first-order valence-corrected chi connectivity index (χ1v) is 8.33. The van der Waals surface area contributed by atoms with E-state index in [2.05, 4.69) is 38.5 Å². The number of rotatable bonds is 4. The van der Waals surface area contributed by atoms with Gasteiger partial charge in [0.2, 0.25) is 5.91 Å². The number of carbonyl (C=O) groups is 1. The van der Waals surface area contributed by atoms with Crippen LogP contribution in [0.15, 0.2) is 12.4 Å². The lowest BCUT2D eigenvalue weighted by atomic mass is 10.0. The molecule has 3 heterocycles. The number of anilines is 1. The normalized spacial score (nSPS) is 22.8. The molecule has 120 valence electrons. The highest BCUT2D eigenvalue weighted by atomic mass is 16.2. The number of piperidine rings is 1. The summed E-state index contributed by atoms with van der Waals surface area (Å²) in [6, 6.07) is 2.38. The maximum absolute atomic E-state index is 12.2. The van der Waals surface area contributed by atoms with Gasteiger partial charge in [-0.25, -0.2) is 9.97 Å².